The molecule has 14 heavy (non-hydrogen) atoms. The average Bonchev–Trinajstić information content (AvgIpc) is 2.19. The molecule has 1 heterocycles. The van der Waals surface area contributed by atoms with Crippen LogP contribution in [0.3, 0.4) is 0 Å². The van der Waals surface area contributed by atoms with E-state index in [9.17, 15) is 0 Å². The van der Waals surface area contributed by atoms with Crippen molar-refractivity contribution in [3.05, 3.63) is 34.9 Å². The van der Waals surface area contributed by atoms with E-state index >= 15 is 0 Å². The lowest BCUT2D eigenvalue weighted by molar-refractivity contribution is 0.164. The van der Waals surface area contributed by atoms with Gasteiger partial charge in [-0.3, -0.25) is 0 Å². The van der Waals surface area contributed by atoms with Gasteiger partial charge < -0.3 is 10.1 Å². The number of rotatable bonds is 2. The minimum atomic E-state index is 0.380. The van der Waals surface area contributed by atoms with Gasteiger partial charge >= 0.3 is 0 Å². The highest BCUT2D eigenvalue weighted by Gasteiger charge is 2.20. The molecule has 0 aliphatic carbocycles. The van der Waals surface area contributed by atoms with E-state index in [4.69, 9.17) is 4.74 Å². The van der Waals surface area contributed by atoms with Crippen LogP contribution >= 0.6 is 0 Å². The number of aryl methyl sites for hydroxylation is 1. The fraction of sp³-hybridized carbons (Fsp3) is 0.500. The van der Waals surface area contributed by atoms with E-state index in [-0.39, 0.29) is 0 Å². The molecule has 1 aromatic carbocycles. The molecule has 0 spiro atoms. The summed E-state index contributed by atoms with van der Waals surface area (Å²) in [7, 11) is 1.76. The number of hydrogen-bond acceptors (Lipinski definition) is 2. The Morgan fingerprint density at radius 1 is 1.50 bits per heavy atom. The summed E-state index contributed by atoms with van der Waals surface area (Å²) in [6, 6.07) is 6.92. The van der Waals surface area contributed by atoms with Crippen molar-refractivity contribution >= 4 is 0 Å². The molecule has 0 radical (unpaired) electrons. The molecule has 0 saturated heterocycles. The number of fused-ring (bicyclic) bond motifs is 1. The van der Waals surface area contributed by atoms with E-state index in [1.165, 1.54) is 16.7 Å². The fourth-order valence-electron chi connectivity index (χ4n) is 2.25. The zero-order valence-corrected chi connectivity index (χ0v) is 8.84. The Hall–Kier alpha value is -0.860. The Bertz CT molecular complexity index is 322. The van der Waals surface area contributed by atoms with Gasteiger partial charge in [-0.2, -0.15) is 0 Å². The Labute approximate surface area is 85.3 Å². The maximum atomic E-state index is 5.23. The van der Waals surface area contributed by atoms with Crippen LogP contribution in [-0.2, 0) is 11.2 Å². The van der Waals surface area contributed by atoms with Crippen LogP contribution in [-0.4, -0.2) is 20.3 Å². The lowest BCUT2D eigenvalue weighted by Gasteiger charge is -2.28. The third-order valence-corrected chi connectivity index (χ3v) is 2.88. The molecule has 2 nitrogen and oxygen atoms in total. The normalized spacial score (nSPS) is 20.6. The summed E-state index contributed by atoms with van der Waals surface area (Å²) in [6.45, 7) is 4.00. The van der Waals surface area contributed by atoms with Crippen LogP contribution in [0.5, 0.6) is 0 Å². The Morgan fingerprint density at radius 2 is 2.36 bits per heavy atom. The molecule has 1 unspecified atom stereocenters. The molecule has 0 fully saturated rings. The Kier molecular flexibility index (Phi) is 2.85. The second kappa shape index (κ2) is 4.11. The van der Waals surface area contributed by atoms with Gasteiger partial charge in [0.15, 0.2) is 0 Å². The van der Waals surface area contributed by atoms with Gasteiger partial charge in [-0.05, 0) is 36.6 Å². The summed E-state index contributed by atoms with van der Waals surface area (Å²) in [5, 5.41) is 3.49. The van der Waals surface area contributed by atoms with Crippen LogP contribution in [0.1, 0.15) is 22.7 Å². The first-order chi connectivity index (χ1) is 6.83. The minimum absolute atomic E-state index is 0.380. The molecule has 2 rings (SSSR count). The first kappa shape index (κ1) is 9.69. The van der Waals surface area contributed by atoms with Gasteiger partial charge in [-0.25, -0.2) is 0 Å². The van der Waals surface area contributed by atoms with Gasteiger partial charge in [-0.1, -0.05) is 18.2 Å². The van der Waals surface area contributed by atoms with Crippen molar-refractivity contribution in [1.82, 2.24) is 5.32 Å². The summed E-state index contributed by atoms with van der Waals surface area (Å²) in [5.41, 5.74) is 4.29. The van der Waals surface area contributed by atoms with E-state index in [0.29, 0.717) is 6.04 Å². The topological polar surface area (TPSA) is 21.3 Å². The number of ether oxygens (including phenoxy) is 1. The summed E-state index contributed by atoms with van der Waals surface area (Å²) < 4.78 is 5.23. The third-order valence-electron chi connectivity index (χ3n) is 2.88. The van der Waals surface area contributed by atoms with Gasteiger partial charge in [0.05, 0.1) is 12.6 Å². The van der Waals surface area contributed by atoms with Crippen LogP contribution in [0.4, 0.5) is 0 Å². The first-order valence-electron chi connectivity index (χ1n) is 5.13. The smallest absolute Gasteiger partial charge is 0.0657 e. The van der Waals surface area contributed by atoms with Crippen LogP contribution in [0.15, 0.2) is 18.2 Å². The third kappa shape index (κ3) is 1.68. The highest BCUT2D eigenvalue weighted by atomic mass is 16.5. The summed E-state index contributed by atoms with van der Waals surface area (Å²) in [5.74, 6) is 0. The van der Waals surface area contributed by atoms with E-state index in [1.807, 2.05) is 0 Å². The SMILES string of the molecule is COCC1NCCc2cccc(C)c21. The Morgan fingerprint density at radius 3 is 3.14 bits per heavy atom. The van der Waals surface area contributed by atoms with Gasteiger partial charge in [-0.15, -0.1) is 0 Å². The molecule has 0 bridgehead atoms. The van der Waals surface area contributed by atoms with Crippen molar-refractivity contribution < 1.29 is 4.74 Å². The molecule has 0 aromatic heterocycles. The molecular weight excluding hydrogens is 174 g/mol. The van der Waals surface area contributed by atoms with Gasteiger partial charge in [0.1, 0.15) is 0 Å². The number of benzene rings is 1. The Balaban J connectivity index is 2.36. The predicted molar refractivity (Wildman–Crippen MR) is 57.5 cm³/mol. The largest absolute Gasteiger partial charge is 0.383 e. The summed E-state index contributed by atoms with van der Waals surface area (Å²) >= 11 is 0. The second-order valence-electron chi connectivity index (χ2n) is 3.86. The van der Waals surface area contributed by atoms with Crippen molar-refractivity contribution in [2.45, 2.75) is 19.4 Å². The molecule has 0 amide bonds. The standard InChI is InChI=1S/C12H17NO/c1-9-4-3-5-10-6-7-13-11(8-14-2)12(9)10/h3-5,11,13H,6-8H2,1-2H3. The van der Waals surface area contributed by atoms with Gasteiger partial charge in [0.2, 0.25) is 0 Å². The molecular formula is C12H17NO. The monoisotopic (exact) mass is 191 g/mol. The quantitative estimate of drug-likeness (QED) is 0.770. The summed E-state index contributed by atoms with van der Waals surface area (Å²) in [6.07, 6.45) is 1.14. The van der Waals surface area contributed by atoms with E-state index < -0.39 is 0 Å². The molecule has 1 aromatic rings. The lowest BCUT2D eigenvalue weighted by Crippen LogP contribution is -2.33. The molecule has 1 aliphatic heterocycles. The maximum Gasteiger partial charge on any atom is 0.0657 e. The van der Waals surface area contributed by atoms with Crippen LogP contribution in [0.25, 0.3) is 0 Å². The highest BCUT2D eigenvalue weighted by Crippen LogP contribution is 2.26. The molecule has 1 atom stereocenters. The summed E-state index contributed by atoms with van der Waals surface area (Å²) in [4.78, 5) is 0. The molecule has 76 valence electrons. The number of nitrogens with one attached hydrogen (secondary N) is 1. The van der Waals surface area contributed by atoms with Crippen molar-refractivity contribution in [1.29, 1.82) is 0 Å². The van der Waals surface area contributed by atoms with E-state index in [0.717, 1.165) is 19.6 Å². The average molecular weight is 191 g/mol. The van der Waals surface area contributed by atoms with Crippen molar-refractivity contribution in [2.75, 3.05) is 20.3 Å². The lowest BCUT2D eigenvalue weighted by atomic mass is 9.91. The minimum Gasteiger partial charge on any atom is -0.383 e. The highest BCUT2D eigenvalue weighted by molar-refractivity contribution is 5.38. The predicted octanol–water partition coefficient (Wildman–Crippen LogP) is 1.83. The van der Waals surface area contributed by atoms with Crippen LogP contribution < -0.4 is 5.32 Å². The molecule has 0 saturated carbocycles. The van der Waals surface area contributed by atoms with Crippen molar-refractivity contribution in [2.24, 2.45) is 0 Å². The molecule has 2 heteroatoms. The number of methoxy groups -OCH3 is 1. The van der Waals surface area contributed by atoms with Crippen LogP contribution in [0.2, 0.25) is 0 Å². The van der Waals surface area contributed by atoms with Gasteiger partial charge in [0, 0.05) is 7.11 Å². The van der Waals surface area contributed by atoms with Gasteiger partial charge in [0.25, 0.3) is 0 Å². The zero-order valence-electron chi connectivity index (χ0n) is 8.84. The van der Waals surface area contributed by atoms with Crippen LogP contribution in [0, 0.1) is 6.92 Å². The zero-order chi connectivity index (χ0) is 9.97. The first-order valence-corrected chi connectivity index (χ1v) is 5.13. The number of hydrogen-bond donors (Lipinski definition) is 1. The van der Waals surface area contributed by atoms with Crippen molar-refractivity contribution in [3.63, 3.8) is 0 Å². The molecule has 1 aliphatic rings. The molecule has 1 N–H and O–H groups in total. The fourth-order valence-corrected chi connectivity index (χ4v) is 2.25. The van der Waals surface area contributed by atoms with E-state index in [2.05, 4.69) is 30.4 Å². The van der Waals surface area contributed by atoms with Crippen molar-refractivity contribution in [3.8, 4) is 0 Å². The second-order valence-corrected chi connectivity index (χ2v) is 3.86. The van der Waals surface area contributed by atoms with E-state index in [1.54, 1.807) is 7.11 Å². The maximum absolute atomic E-state index is 5.23.